The molecule has 0 unspecified atom stereocenters. The van der Waals surface area contributed by atoms with Crippen molar-refractivity contribution in [3.63, 3.8) is 0 Å². The number of nitrogens with two attached hydrogens (primary N) is 1. The zero-order valence-electron chi connectivity index (χ0n) is 12.4. The maximum Gasteiger partial charge on any atom is 0.168 e. The number of rotatable bonds is 6. The van der Waals surface area contributed by atoms with Crippen LogP contribution in [0, 0.1) is 12.7 Å². The Hall–Kier alpha value is -2.08. The van der Waals surface area contributed by atoms with Crippen molar-refractivity contribution in [1.82, 2.24) is 0 Å². The number of aryl methyl sites for hydroxylation is 1. The van der Waals surface area contributed by atoms with Gasteiger partial charge in [0.15, 0.2) is 12.4 Å². The fraction of sp³-hybridized carbons (Fsp3) is 0.188. The average Bonchev–Trinajstić information content (AvgIpc) is 2.48. The quantitative estimate of drug-likeness (QED) is 0.436. The van der Waals surface area contributed by atoms with Gasteiger partial charge in [0.25, 0.3) is 0 Å². The van der Waals surface area contributed by atoms with Crippen molar-refractivity contribution in [2.24, 2.45) is 5.73 Å². The van der Waals surface area contributed by atoms with Crippen LogP contribution in [0.15, 0.2) is 42.5 Å². The van der Waals surface area contributed by atoms with Crippen LogP contribution in [0.1, 0.15) is 5.56 Å². The summed E-state index contributed by atoms with van der Waals surface area (Å²) in [7, 11) is 2.06. The highest BCUT2D eigenvalue weighted by atomic mass is 32.1. The molecule has 4 N–H and O–H groups in total. The second-order valence-corrected chi connectivity index (χ2v) is 5.43. The van der Waals surface area contributed by atoms with E-state index in [-0.39, 0.29) is 10.9 Å². The minimum absolute atomic E-state index is 0.215. The first kappa shape index (κ1) is 16.3. The number of benzene rings is 2. The standard InChI is InChI=1S/C16H18BFN3S/c1-11-2-7-14(10-15(11)21-16(19)22)20-9-8-17-12-3-5-13(18)6-4-12/h2-7,10,20H,8-9H2,1H3,(H3,19,21,22). The summed E-state index contributed by atoms with van der Waals surface area (Å²) >= 11 is 4.86. The topological polar surface area (TPSA) is 50.1 Å². The molecule has 0 saturated heterocycles. The summed E-state index contributed by atoms with van der Waals surface area (Å²) in [5.41, 5.74) is 9.50. The van der Waals surface area contributed by atoms with Crippen molar-refractivity contribution in [2.45, 2.75) is 13.2 Å². The van der Waals surface area contributed by atoms with E-state index in [0.717, 1.165) is 35.3 Å². The van der Waals surface area contributed by atoms with E-state index in [2.05, 4.69) is 17.9 Å². The van der Waals surface area contributed by atoms with Crippen molar-refractivity contribution in [3.8, 4) is 0 Å². The van der Waals surface area contributed by atoms with Gasteiger partial charge in [-0.15, -0.1) is 0 Å². The van der Waals surface area contributed by atoms with Gasteiger partial charge in [-0.05, 0) is 49.0 Å². The third-order valence-corrected chi connectivity index (χ3v) is 3.32. The van der Waals surface area contributed by atoms with Crippen molar-refractivity contribution in [2.75, 3.05) is 17.2 Å². The van der Waals surface area contributed by atoms with Gasteiger partial charge in [-0.25, -0.2) is 4.39 Å². The third-order valence-electron chi connectivity index (χ3n) is 3.22. The maximum absolute atomic E-state index is 12.8. The van der Waals surface area contributed by atoms with Gasteiger partial charge in [0, 0.05) is 17.9 Å². The average molecular weight is 314 g/mol. The van der Waals surface area contributed by atoms with Gasteiger partial charge in [-0.3, -0.25) is 0 Å². The molecule has 0 saturated carbocycles. The molecular weight excluding hydrogens is 296 g/mol. The van der Waals surface area contributed by atoms with E-state index in [9.17, 15) is 4.39 Å². The first-order valence-electron chi connectivity index (χ1n) is 7.04. The molecule has 0 atom stereocenters. The van der Waals surface area contributed by atoms with Gasteiger partial charge in [-0.1, -0.05) is 30.0 Å². The Kier molecular flexibility index (Phi) is 5.78. The van der Waals surface area contributed by atoms with Crippen molar-refractivity contribution >= 4 is 41.4 Å². The molecule has 0 aliphatic heterocycles. The minimum Gasteiger partial charge on any atom is -0.386 e. The van der Waals surface area contributed by atoms with E-state index in [4.69, 9.17) is 18.0 Å². The molecule has 0 bridgehead atoms. The van der Waals surface area contributed by atoms with Gasteiger partial charge in [0.2, 0.25) is 0 Å². The number of hydrogen-bond acceptors (Lipinski definition) is 2. The first-order valence-corrected chi connectivity index (χ1v) is 7.45. The first-order chi connectivity index (χ1) is 10.5. The lowest BCUT2D eigenvalue weighted by Crippen LogP contribution is -2.20. The minimum atomic E-state index is -0.215. The molecule has 0 fully saturated rings. The van der Waals surface area contributed by atoms with Gasteiger partial charge in [0.05, 0.1) is 0 Å². The fourth-order valence-corrected chi connectivity index (χ4v) is 2.16. The second kappa shape index (κ2) is 7.80. The molecule has 0 spiro atoms. The van der Waals surface area contributed by atoms with Gasteiger partial charge in [0.1, 0.15) is 5.82 Å². The molecule has 3 nitrogen and oxygen atoms in total. The molecule has 2 aromatic rings. The van der Waals surface area contributed by atoms with Crippen LogP contribution < -0.4 is 21.8 Å². The number of thiocarbonyl (C=S) groups is 1. The third kappa shape index (κ3) is 5.04. The van der Waals surface area contributed by atoms with E-state index in [1.165, 1.54) is 12.1 Å². The summed E-state index contributed by atoms with van der Waals surface area (Å²) in [6.07, 6.45) is 0.845. The van der Waals surface area contributed by atoms with E-state index in [0.29, 0.717) is 0 Å². The van der Waals surface area contributed by atoms with Crippen LogP contribution >= 0.6 is 12.2 Å². The summed E-state index contributed by atoms with van der Waals surface area (Å²) in [5.74, 6) is -0.215. The SMILES string of the molecule is Cc1ccc(NCC[B]c2ccc(F)cc2)cc1NC(N)=S. The fourth-order valence-electron chi connectivity index (χ4n) is 2.05. The zero-order valence-corrected chi connectivity index (χ0v) is 13.2. The molecule has 0 aliphatic rings. The molecular formula is C16H18BFN3S. The summed E-state index contributed by atoms with van der Waals surface area (Å²) in [6.45, 7) is 2.78. The number of anilines is 2. The molecule has 0 aliphatic carbocycles. The van der Waals surface area contributed by atoms with Crippen LogP contribution in [0.2, 0.25) is 6.32 Å². The Balaban J connectivity index is 1.83. The molecule has 113 valence electrons. The summed E-state index contributed by atoms with van der Waals surface area (Å²) in [4.78, 5) is 0. The Labute approximate surface area is 136 Å². The molecule has 1 radical (unpaired) electrons. The van der Waals surface area contributed by atoms with Crippen LogP contribution in [0.25, 0.3) is 0 Å². The monoisotopic (exact) mass is 314 g/mol. The highest BCUT2D eigenvalue weighted by Crippen LogP contribution is 2.20. The zero-order chi connectivity index (χ0) is 15.9. The lowest BCUT2D eigenvalue weighted by Gasteiger charge is -2.11. The smallest absolute Gasteiger partial charge is 0.168 e. The van der Waals surface area contributed by atoms with E-state index in [1.54, 1.807) is 12.1 Å². The van der Waals surface area contributed by atoms with Gasteiger partial charge >= 0.3 is 0 Å². The highest BCUT2D eigenvalue weighted by molar-refractivity contribution is 7.80. The normalized spacial score (nSPS) is 10.1. The van der Waals surface area contributed by atoms with Crippen LogP contribution in [-0.2, 0) is 0 Å². The van der Waals surface area contributed by atoms with Crippen LogP contribution in [0.3, 0.4) is 0 Å². The lowest BCUT2D eigenvalue weighted by molar-refractivity contribution is 0.628. The molecule has 6 heteroatoms. The molecule has 0 heterocycles. The highest BCUT2D eigenvalue weighted by Gasteiger charge is 2.02. The van der Waals surface area contributed by atoms with Crippen LogP contribution in [0.4, 0.5) is 15.8 Å². The molecule has 0 amide bonds. The van der Waals surface area contributed by atoms with Crippen molar-refractivity contribution < 1.29 is 4.39 Å². The maximum atomic E-state index is 12.8. The summed E-state index contributed by atoms with van der Waals surface area (Å²) < 4.78 is 12.8. The van der Waals surface area contributed by atoms with Crippen molar-refractivity contribution in [3.05, 3.63) is 53.8 Å². The Bertz CT molecular complexity index is 646. The van der Waals surface area contributed by atoms with E-state index in [1.807, 2.05) is 25.1 Å². The summed E-state index contributed by atoms with van der Waals surface area (Å²) in [6, 6.07) is 12.5. The second-order valence-electron chi connectivity index (χ2n) is 4.99. The molecule has 22 heavy (non-hydrogen) atoms. The van der Waals surface area contributed by atoms with Gasteiger partial charge < -0.3 is 16.4 Å². The molecule has 2 rings (SSSR count). The Morgan fingerprint density at radius 3 is 2.64 bits per heavy atom. The van der Waals surface area contributed by atoms with Crippen LogP contribution in [-0.4, -0.2) is 18.9 Å². The lowest BCUT2D eigenvalue weighted by atomic mass is 9.67. The van der Waals surface area contributed by atoms with Gasteiger partial charge in [-0.2, -0.15) is 0 Å². The number of halogens is 1. The number of nitrogens with one attached hydrogen (secondary N) is 2. The summed E-state index contributed by atoms with van der Waals surface area (Å²) in [5, 5.41) is 6.55. The van der Waals surface area contributed by atoms with Crippen molar-refractivity contribution in [1.29, 1.82) is 0 Å². The largest absolute Gasteiger partial charge is 0.386 e. The predicted molar refractivity (Wildman–Crippen MR) is 96.7 cm³/mol. The molecule has 0 aromatic heterocycles. The van der Waals surface area contributed by atoms with E-state index < -0.39 is 0 Å². The number of hydrogen-bond donors (Lipinski definition) is 3. The Morgan fingerprint density at radius 2 is 1.95 bits per heavy atom. The van der Waals surface area contributed by atoms with Crippen LogP contribution in [0.5, 0.6) is 0 Å². The molecule has 2 aromatic carbocycles. The predicted octanol–water partition coefficient (Wildman–Crippen LogP) is 2.65. The Morgan fingerprint density at radius 1 is 1.23 bits per heavy atom. The van der Waals surface area contributed by atoms with E-state index >= 15 is 0 Å².